The zero-order valence-corrected chi connectivity index (χ0v) is 13.7. The Morgan fingerprint density at radius 3 is 2.28 bits per heavy atom. The Morgan fingerprint density at radius 1 is 1.04 bits per heavy atom. The fourth-order valence-electron chi connectivity index (χ4n) is 2.03. The zero-order valence-electron chi connectivity index (χ0n) is 13.7. The third-order valence-electron chi connectivity index (χ3n) is 3.25. The van der Waals surface area contributed by atoms with Crippen LogP contribution >= 0.6 is 0 Å². The summed E-state index contributed by atoms with van der Waals surface area (Å²) in [4.78, 5) is 23.0. The lowest BCUT2D eigenvalue weighted by molar-refractivity contribution is -0.117. The van der Waals surface area contributed by atoms with Gasteiger partial charge in [0.15, 0.2) is 0 Å². The van der Waals surface area contributed by atoms with Gasteiger partial charge in [-0.2, -0.15) is 5.26 Å². The van der Waals surface area contributed by atoms with E-state index in [1.807, 2.05) is 36.4 Å². The highest BCUT2D eigenvalue weighted by molar-refractivity contribution is 5.97. The smallest absolute Gasteiger partial charge is 0.263 e. The van der Waals surface area contributed by atoms with E-state index in [1.165, 1.54) is 13.1 Å². The molecule has 0 aliphatic rings. The highest BCUT2D eigenvalue weighted by atomic mass is 16.2. The van der Waals surface area contributed by atoms with Crippen LogP contribution in [-0.4, -0.2) is 11.8 Å². The molecule has 2 rings (SSSR count). The van der Waals surface area contributed by atoms with Crippen LogP contribution in [0.3, 0.4) is 0 Å². The molecule has 0 unspecified atom stereocenters. The number of anilines is 2. The summed E-state index contributed by atoms with van der Waals surface area (Å²) in [6.07, 6.45) is 1.35. The number of nitrogens with zero attached hydrogens (tertiary/aromatic N) is 1. The molecule has 0 aliphatic heterocycles. The molecule has 2 aromatic carbocycles. The van der Waals surface area contributed by atoms with Crippen LogP contribution in [0.1, 0.15) is 12.5 Å². The van der Waals surface area contributed by atoms with Crippen LogP contribution in [0.2, 0.25) is 0 Å². The van der Waals surface area contributed by atoms with E-state index in [9.17, 15) is 9.59 Å². The number of hydrogen-bond acceptors (Lipinski definition) is 4. The fourth-order valence-corrected chi connectivity index (χ4v) is 2.03. The van der Waals surface area contributed by atoms with Crippen LogP contribution in [0.4, 0.5) is 11.4 Å². The summed E-state index contributed by atoms with van der Waals surface area (Å²) in [6.45, 7) is 1.78. The highest BCUT2D eigenvalue weighted by Crippen LogP contribution is 2.13. The van der Waals surface area contributed by atoms with Gasteiger partial charge in [0.1, 0.15) is 11.6 Å². The van der Waals surface area contributed by atoms with Crippen LogP contribution in [0.15, 0.2) is 66.4 Å². The van der Waals surface area contributed by atoms with Crippen LogP contribution in [0, 0.1) is 11.3 Å². The number of amides is 2. The second-order valence-electron chi connectivity index (χ2n) is 5.24. The van der Waals surface area contributed by atoms with Gasteiger partial charge in [0.25, 0.3) is 5.91 Å². The summed E-state index contributed by atoms with van der Waals surface area (Å²) in [5, 5.41) is 17.4. The molecule has 126 valence electrons. The highest BCUT2D eigenvalue weighted by Gasteiger charge is 2.08. The van der Waals surface area contributed by atoms with Gasteiger partial charge >= 0.3 is 0 Å². The Balaban J connectivity index is 1.94. The van der Waals surface area contributed by atoms with Crippen molar-refractivity contribution >= 4 is 23.2 Å². The Morgan fingerprint density at radius 2 is 1.68 bits per heavy atom. The largest absolute Gasteiger partial charge is 0.360 e. The molecule has 0 atom stereocenters. The van der Waals surface area contributed by atoms with Crippen molar-refractivity contribution in [1.29, 1.82) is 5.26 Å². The minimum atomic E-state index is -0.450. The van der Waals surface area contributed by atoms with E-state index in [0.29, 0.717) is 17.9 Å². The van der Waals surface area contributed by atoms with Crippen molar-refractivity contribution in [1.82, 2.24) is 5.32 Å². The average Bonchev–Trinajstić information content (AvgIpc) is 2.62. The maximum absolute atomic E-state index is 12.1. The number of nitriles is 1. The van der Waals surface area contributed by atoms with Crippen molar-refractivity contribution in [3.63, 3.8) is 0 Å². The Bertz CT molecular complexity index is 806. The second kappa shape index (κ2) is 8.89. The molecule has 0 heterocycles. The van der Waals surface area contributed by atoms with Gasteiger partial charge < -0.3 is 16.0 Å². The first-order chi connectivity index (χ1) is 12.1. The first kappa shape index (κ1) is 17.8. The quantitative estimate of drug-likeness (QED) is 0.559. The number of benzene rings is 2. The van der Waals surface area contributed by atoms with E-state index in [4.69, 9.17) is 5.26 Å². The van der Waals surface area contributed by atoms with Gasteiger partial charge in [-0.1, -0.05) is 30.3 Å². The third kappa shape index (κ3) is 5.84. The van der Waals surface area contributed by atoms with E-state index in [0.717, 1.165) is 5.56 Å². The van der Waals surface area contributed by atoms with Gasteiger partial charge in [0, 0.05) is 31.0 Å². The molecule has 6 nitrogen and oxygen atoms in total. The number of nitrogens with one attached hydrogen (secondary N) is 3. The van der Waals surface area contributed by atoms with Crippen LogP contribution in [0.25, 0.3) is 0 Å². The first-order valence-corrected chi connectivity index (χ1v) is 7.65. The van der Waals surface area contributed by atoms with E-state index < -0.39 is 5.91 Å². The van der Waals surface area contributed by atoms with Gasteiger partial charge in [-0.3, -0.25) is 9.59 Å². The van der Waals surface area contributed by atoms with Crippen molar-refractivity contribution in [2.75, 3.05) is 10.6 Å². The average molecular weight is 334 g/mol. The van der Waals surface area contributed by atoms with E-state index in [-0.39, 0.29) is 11.5 Å². The van der Waals surface area contributed by atoms with Crippen LogP contribution in [-0.2, 0) is 16.1 Å². The molecule has 6 heteroatoms. The summed E-state index contributed by atoms with van der Waals surface area (Å²) in [5.74, 6) is -0.601. The molecule has 0 saturated heterocycles. The van der Waals surface area contributed by atoms with Gasteiger partial charge in [-0.15, -0.1) is 0 Å². The molecule has 0 aromatic heterocycles. The fraction of sp³-hybridized carbons (Fsp3) is 0.105. The van der Waals surface area contributed by atoms with E-state index in [2.05, 4.69) is 16.0 Å². The maximum Gasteiger partial charge on any atom is 0.263 e. The SMILES string of the molecule is CC(=O)Nc1ccc(N/C=C(/C#N)C(=O)NCc2ccccc2)cc1. The molecule has 0 fully saturated rings. The predicted octanol–water partition coefficient (Wildman–Crippen LogP) is 2.78. The standard InChI is InChI=1S/C19H18N4O2/c1-14(24)23-18-9-7-17(8-10-18)21-13-16(11-20)19(25)22-12-15-5-3-2-4-6-15/h2-10,13,21H,12H2,1H3,(H,22,25)(H,23,24)/b16-13-. The lowest BCUT2D eigenvalue weighted by atomic mass is 10.2. The molecule has 2 aromatic rings. The molecule has 0 saturated carbocycles. The first-order valence-electron chi connectivity index (χ1n) is 7.65. The van der Waals surface area contributed by atoms with Crippen molar-refractivity contribution in [2.24, 2.45) is 0 Å². The molecule has 25 heavy (non-hydrogen) atoms. The van der Waals surface area contributed by atoms with Crippen LogP contribution in [0.5, 0.6) is 0 Å². The molecular formula is C19H18N4O2. The lowest BCUT2D eigenvalue weighted by Gasteiger charge is -2.06. The van der Waals surface area contributed by atoms with Crippen molar-refractivity contribution < 1.29 is 9.59 Å². The normalized spacial score (nSPS) is 10.5. The monoisotopic (exact) mass is 334 g/mol. The molecule has 2 amide bonds. The molecule has 0 radical (unpaired) electrons. The van der Waals surface area contributed by atoms with Gasteiger partial charge in [-0.25, -0.2) is 0 Å². The summed E-state index contributed by atoms with van der Waals surface area (Å²) < 4.78 is 0. The molecule has 0 spiro atoms. The van der Waals surface area contributed by atoms with Crippen molar-refractivity contribution in [2.45, 2.75) is 13.5 Å². The molecule has 0 aliphatic carbocycles. The Hall–Kier alpha value is -3.59. The number of carbonyl (C=O) groups excluding carboxylic acids is 2. The van der Waals surface area contributed by atoms with Gasteiger partial charge in [-0.05, 0) is 29.8 Å². The third-order valence-corrected chi connectivity index (χ3v) is 3.25. The van der Waals surface area contributed by atoms with E-state index >= 15 is 0 Å². The minimum absolute atomic E-state index is 0.0260. The number of hydrogen-bond donors (Lipinski definition) is 3. The van der Waals surface area contributed by atoms with E-state index in [1.54, 1.807) is 24.3 Å². The van der Waals surface area contributed by atoms with Crippen molar-refractivity contribution in [3.05, 3.63) is 71.9 Å². The van der Waals surface area contributed by atoms with Crippen molar-refractivity contribution in [3.8, 4) is 6.07 Å². The number of carbonyl (C=O) groups is 2. The van der Waals surface area contributed by atoms with Crippen LogP contribution < -0.4 is 16.0 Å². The van der Waals surface area contributed by atoms with Gasteiger partial charge in [0.05, 0.1) is 0 Å². The predicted molar refractivity (Wildman–Crippen MR) is 96.4 cm³/mol. The topological polar surface area (TPSA) is 94.0 Å². The Labute approximate surface area is 146 Å². The molecular weight excluding hydrogens is 316 g/mol. The van der Waals surface area contributed by atoms with Gasteiger partial charge in [0.2, 0.25) is 5.91 Å². The summed E-state index contributed by atoms with van der Waals surface area (Å²) in [5.41, 5.74) is 2.29. The molecule has 0 bridgehead atoms. The maximum atomic E-state index is 12.1. The zero-order chi connectivity index (χ0) is 18.1. The molecule has 3 N–H and O–H groups in total. The summed E-state index contributed by atoms with van der Waals surface area (Å²) >= 11 is 0. The minimum Gasteiger partial charge on any atom is -0.360 e. The summed E-state index contributed by atoms with van der Waals surface area (Å²) in [7, 11) is 0. The summed E-state index contributed by atoms with van der Waals surface area (Å²) in [6, 6.07) is 18.2. The Kier molecular flexibility index (Phi) is 6.32. The lowest BCUT2D eigenvalue weighted by Crippen LogP contribution is -2.24. The second-order valence-corrected chi connectivity index (χ2v) is 5.24. The number of rotatable bonds is 6.